The van der Waals surface area contributed by atoms with Crippen LogP contribution in [0, 0.1) is 0 Å². The Hall–Kier alpha value is -2.14. The molecule has 0 radical (unpaired) electrons. The number of hydrogen-bond donors (Lipinski definition) is 2. The highest BCUT2D eigenvalue weighted by Crippen LogP contribution is 2.26. The summed E-state index contributed by atoms with van der Waals surface area (Å²) >= 11 is 0. The molecule has 2 aliphatic rings. The molecule has 0 spiro atoms. The van der Waals surface area contributed by atoms with E-state index in [0.29, 0.717) is 5.82 Å². The van der Waals surface area contributed by atoms with E-state index in [2.05, 4.69) is 44.5 Å². The van der Waals surface area contributed by atoms with Crippen LogP contribution in [0.2, 0.25) is 0 Å². The molecule has 1 aromatic heterocycles. The number of nitrogens with one attached hydrogen (secondary N) is 1. The van der Waals surface area contributed by atoms with Gasteiger partial charge in [-0.2, -0.15) is 4.98 Å². The lowest BCUT2D eigenvalue weighted by Crippen LogP contribution is -2.32. The van der Waals surface area contributed by atoms with Gasteiger partial charge in [0.2, 0.25) is 5.95 Å². The Balaban J connectivity index is 1.68. The summed E-state index contributed by atoms with van der Waals surface area (Å²) in [4.78, 5) is 11.4. The molecule has 20 heavy (non-hydrogen) atoms. The first kappa shape index (κ1) is 11.7. The smallest absolute Gasteiger partial charge is 0.227 e. The highest BCUT2D eigenvalue weighted by Gasteiger charge is 2.22. The molecule has 5 heteroatoms. The SMILES string of the molecule is Nc1nc(N2CCc3ccccc3C2)nc2c1CNC2. The van der Waals surface area contributed by atoms with Gasteiger partial charge in [-0.25, -0.2) is 4.98 Å². The van der Waals surface area contributed by atoms with E-state index < -0.39 is 0 Å². The van der Waals surface area contributed by atoms with Crippen LogP contribution in [0.5, 0.6) is 0 Å². The number of nitrogens with two attached hydrogens (primary N) is 1. The van der Waals surface area contributed by atoms with Gasteiger partial charge in [0.25, 0.3) is 0 Å². The molecule has 0 amide bonds. The van der Waals surface area contributed by atoms with Gasteiger partial charge in [0, 0.05) is 31.7 Å². The summed E-state index contributed by atoms with van der Waals surface area (Å²) in [5.74, 6) is 1.38. The van der Waals surface area contributed by atoms with Crippen LogP contribution in [-0.4, -0.2) is 16.5 Å². The van der Waals surface area contributed by atoms with E-state index in [1.54, 1.807) is 0 Å². The predicted molar refractivity (Wildman–Crippen MR) is 78.2 cm³/mol. The fourth-order valence-corrected chi connectivity index (χ4v) is 2.99. The van der Waals surface area contributed by atoms with Gasteiger partial charge < -0.3 is 16.0 Å². The van der Waals surface area contributed by atoms with Gasteiger partial charge in [0.1, 0.15) is 5.82 Å². The quantitative estimate of drug-likeness (QED) is 0.813. The maximum atomic E-state index is 6.06. The fraction of sp³-hybridized carbons (Fsp3) is 0.333. The van der Waals surface area contributed by atoms with Crippen LogP contribution >= 0.6 is 0 Å². The van der Waals surface area contributed by atoms with E-state index in [0.717, 1.165) is 49.8 Å². The third-order valence-electron chi connectivity index (χ3n) is 4.12. The molecule has 2 aromatic rings. The van der Waals surface area contributed by atoms with Gasteiger partial charge in [-0.1, -0.05) is 24.3 Å². The number of rotatable bonds is 1. The molecule has 0 saturated heterocycles. The fourth-order valence-electron chi connectivity index (χ4n) is 2.99. The number of benzene rings is 1. The Kier molecular flexibility index (Phi) is 2.60. The van der Waals surface area contributed by atoms with E-state index in [4.69, 9.17) is 5.73 Å². The zero-order valence-electron chi connectivity index (χ0n) is 11.3. The predicted octanol–water partition coefficient (Wildman–Crippen LogP) is 1.22. The summed E-state index contributed by atoms with van der Waals surface area (Å²) in [6.45, 7) is 3.38. The van der Waals surface area contributed by atoms with Gasteiger partial charge >= 0.3 is 0 Å². The molecular formula is C15H17N5. The number of anilines is 2. The Bertz CT molecular complexity index is 667. The molecule has 0 bridgehead atoms. The lowest BCUT2D eigenvalue weighted by Gasteiger charge is -2.29. The van der Waals surface area contributed by atoms with Crippen molar-refractivity contribution in [3.63, 3.8) is 0 Å². The molecule has 0 saturated carbocycles. The largest absolute Gasteiger partial charge is 0.383 e. The second kappa shape index (κ2) is 4.45. The van der Waals surface area contributed by atoms with Gasteiger partial charge in [-0.3, -0.25) is 0 Å². The summed E-state index contributed by atoms with van der Waals surface area (Å²) in [6.07, 6.45) is 1.04. The average Bonchev–Trinajstić information content (AvgIpc) is 2.96. The first-order chi connectivity index (χ1) is 9.81. The molecular weight excluding hydrogens is 250 g/mol. The molecule has 0 unspecified atom stereocenters. The van der Waals surface area contributed by atoms with Crippen LogP contribution in [0.15, 0.2) is 24.3 Å². The molecule has 102 valence electrons. The maximum absolute atomic E-state index is 6.06. The summed E-state index contributed by atoms with van der Waals surface area (Å²) in [5.41, 5.74) is 11.0. The van der Waals surface area contributed by atoms with Crippen molar-refractivity contribution in [3.8, 4) is 0 Å². The first-order valence-electron chi connectivity index (χ1n) is 6.99. The molecule has 5 nitrogen and oxygen atoms in total. The average molecular weight is 267 g/mol. The van der Waals surface area contributed by atoms with Crippen LogP contribution < -0.4 is 16.0 Å². The first-order valence-corrected chi connectivity index (χ1v) is 6.99. The summed E-state index contributed by atoms with van der Waals surface area (Å²) in [7, 11) is 0. The van der Waals surface area contributed by atoms with Crippen molar-refractivity contribution in [2.45, 2.75) is 26.1 Å². The Labute approximate surface area is 117 Å². The number of nitrogens with zero attached hydrogens (tertiary/aromatic N) is 3. The van der Waals surface area contributed by atoms with Crippen LogP contribution in [0.3, 0.4) is 0 Å². The summed E-state index contributed by atoms with van der Waals surface area (Å²) < 4.78 is 0. The highest BCUT2D eigenvalue weighted by atomic mass is 15.3. The Morgan fingerprint density at radius 3 is 2.85 bits per heavy atom. The molecule has 0 aliphatic carbocycles. The van der Waals surface area contributed by atoms with Crippen molar-refractivity contribution in [3.05, 3.63) is 46.6 Å². The second-order valence-corrected chi connectivity index (χ2v) is 5.38. The molecule has 1 aromatic carbocycles. The normalized spacial score (nSPS) is 16.9. The van der Waals surface area contributed by atoms with Crippen molar-refractivity contribution in [1.82, 2.24) is 15.3 Å². The third kappa shape index (κ3) is 1.82. The van der Waals surface area contributed by atoms with E-state index in [9.17, 15) is 0 Å². The number of hydrogen-bond acceptors (Lipinski definition) is 5. The molecule has 4 rings (SSSR count). The van der Waals surface area contributed by atoms with Crippen molar-refractivity contribution < 1.29 is 0 Å². The van der Waals surface area contributed by atoms with Gasteiger partial charge in [-0.05, 0) is 17.5 Å². The van der Waals surface area contributed by atoms with E-state index in [1.165, 1.54) is 11.1 Å². The highest BCUT2D eigenvalue weighted by molar-refractivity contribution is 5.50. The minimum absolute atomic E-state index is 0.619. The van der Waals surface area contributed by atoms with Crippen LogP contribution in [0.4, 0.5) is 11.8 Å². The number of nitrogen functional groups attached to an aromatic ring is 1. The molecule has 3 heterocycles. The standard InChI is InChI=1S/C15H17N5/c16-14-12-7-17-8-13(12)18-15(19-14)20-6-5-10-3-1-2-4-11(10)9-20/h1-4,17H,5-9H2,(H2,16,18,19). The van der Waals surface area contributed by atoms with E-state index >= 15 is 0 Å². The van der Waals surface area contributed by atoms with E-state index in [-0.39, 0.29) is 0 Å². The monoisotopic (exact) mass is 267 g/mol. The summed E-state index contributed by atoms with van der Waals surface area (Å²) in [5, 5.41) is 3.27. The van der Waals surface area contributed by atoms with Crippen molar-refractivity contribution in [1.29, 1.82) is 0 Å². The topological polar surface area (TPSA) is 67.1 Å². The third-order valence-corrected chi connectivity index (χ3v) is 4.12. The van der Waals surface area contributed by atoms with Crippen LogP contribution in [0.25, 0.3) is 0 Å². The lowest BCUT2D eigenvalue weighted by atomic mass is 10.0. The molecule has 0 fully saturated rings. The Morgan fingerprint density at radius 1 is 1.10 bits per heavy atom. The second-order valence-electron chi connectivity index (χ2n) is 5.38. The molecule has 3 N–H and O–H groups in total. The van der Waals surface area contributed by atoms with Crippen LogP contribution in [0.1, 0.15) is 22.4 Å². The minimum Gasteiger partial charge on any atom is -0.383 e. The summed E-state index contributed by atoms with van der Waals surface area (Å²) in [6, 6.07) is 8.57. The van der Waals surface area contributed by atoms with Crippen molar-refractivity contribution in [2.75, 3.05) is 17.2 Å². The van der Waals surface area contributed by atoms with Gasteiger partial charge in [-0.15, -0.1) is 0 Å². The number of aromatic nitrogens is 2. The molecule has 2 aliphatic heterocycles. The van der Waals surface area contributed by atoms with E-state index in [1.807, 2.05) is 0 Å². The van der Waals surface area contributed by atoms with Gasteiger partial charge in [0.05, 0.1) is 5.69 Å². The van der Waals surface area contributed by atoms with Crippen molar-refractivity contribution >= 4 is 11.8 Å². The zero-order chi connectivity index (χ0) is 13.5. The van der Waals surface area contributed by atoms with Crippen molar-refractivity contribution in [2.24, 2.45) is 0 Å². The Morgan fingerprint density at radius 2 is 1.95 bits per heavy atom. The van der Waals surface area contributed by atoms with Gasteiger partial charge in [0.15, 0.2) is 0 Å². The minimum atomic E-state index is 0.619. The number of fused-ring (bicyclic) bond motifs is 2. The maximum Gasteiger partial charge on any atom is 0.227 e. The lowest BCUT2D eigenvalue weighted by molar-refractivity contribution is 0.703. The molecule has 0 atom stereocenters. The van der Waals surface area contributed by atoms with Crippen LogP contribution in [-0.2, 0) is 26.1 Å². The zero-order valence-corrected chi connectivity index (χ0v) is 11.3.